The van der Waals surface area contributed by atoms with E-state index in [4.69, 9.17) is 9.63 Å². The molecule has 0 saturated carbocycles. The molecule has 0 bridgehead atoms. The van der Waals surface area contributed by atoms with E-state index in [1.165, 1.54) is 0 Å². The van der Waals surface area contributed by atoms with Gasteiger partial charge in [0.25, 0.3) is 0 Å². The Kier molecular flexibility index (Phi) is 6.35. The minimum Gasteiger partial charge on any atom is -0.481 e. The van der Waals surface area contributed by atoms with Crippen molar-refractivity contribution in [3.8, 4) is 0 Å². The maximum absolute atomic E-state index is 12.2. The summed E-state index contributed by atoms with van der Waals surface area (Å²) < 4.78 is 31.7. The van der Waals surface area contributed by atoms with Gasteiger partial charge in [-0.1, -0.05) is 18.5 Å². The highest BCUT2D eigenvalue weighted by molar-refractivity contribution is 7.89. The lowest BCUT2D eigenvalue weighted by Gasteiger charge is -2.14. The lowest BCUT2D eigenvalue weighted by atomic mass is 9.97. The predicted octanol–water partition coefficient (Wildman–Crippen LogP) is 1.85. The summed E-state index contributed by atoms with van der Waals surface area (Å²) in [5.41, 5.74) is 0.331. The van der Waals surface area contributed by atoms with E-state index in [-0.39, 0.29) is 29.5 Å². The van der Waals surface area contributed by atoms with Gasteiger partial charge in [-0.05, 0) is 32.6 Å². The third-order valence-electron chi connectivity index (χ3n) is 3.43. The molecule has 0 aliphatic rings. The van der Waals surface area contributed by atoms with Gasteiger partial charge < -0.3 is 9.63 Å². The summed E-state index contributed by atoms with van der Waals surface area (Å²) >= 11 is 0. The number of aryl methyl sites for hydroxylation is 2. The third-order valence-corrected chi connectivity index (χ3v) is 5.13. The van der Waals surface area contributed by atoms with Crippen molar-refractivity contribution >= 4 is 16.0 Å². The SMILES string of the molecule is CCC(CCNS(=O)(=O)c1c(C)noc1C)CCC(=O)O. The zero-order valence-corrected chi connectivity index (χ0v) is 13.4. The van der Waals surface area contributed by atoms with E-state index in [0.29, 0.717) is 18.5 Å². The number of sulfonamides is 1. The highest BCUT2D eigenvalue weighted by Gasteiger charge is 2.23. The Morgan fingerprint density at radius 2 is 2.05 bits per heavy atom. The van der Waals surface area contributed by atoms with E-state index in [1.54, 1.807) is 13.8 Å². The smallest absolute Gasteiger partial charge is 0.303 e. The lowest BCUT2D eigenvalue weighted by molar-refractivity contribution is -0.137. The molecule has 0 aromatic carbocycles. The molecule has 0 spiro atoms. The fraction of sp³-hybridized carbons (Fsp3) is 0.692. The molecule has 1 rings (SSSR count). The molecule has 1 aromatic heterocycles. The molecule has 1 unspecified atom stereocenters. The molecular weight excluding hydrogens is 296 g/mol. The van der Waals surface area contributed by atoms with Gasteiger partial charge in [0.15, 0.2) is 5.76 Å². The van der Waals surface area contributed by atoms with Crippen molar-refractivity contribution in [2.24, 2.45) is 5.92 Å². The van der Waals surface area contributed by atoms with E-state index in [2.05, 4.69) is 9.88 Å². The Morgan fingerprint density at radius 1 is 1.38 bits per heavy atom. The summed E-state index contributed by atoms with van der Waals surface area (Å²) in [4.78, 5) is 10.6. The minimum atomic E-state index is -3.64. The molecule has 0 amide bonds. The van der Waals surface area contributed by atoms with Gasteiger partial charge in [0.2, 0.25) is 10.0 Å². The van der Waals surface area contributed by atoms with Crippen LogP contribution >= 0.6 is 0 Å². The van der Waals surface area contributed by atoms with Crippen LogP contribution in [-0.2, 0) is 14.8 Å². The number of hydrogen-bond acceptors (Lipinski definition) is 5. The molecule has 0 aliphatic heterocycles. The normalized spacial score (nSPS) is 13.3. The fourth-order valence-corrected chi connectivity index (χ4v) is 3.58. The average molecular weight is 318 g/mol. The van der Waals surface area contributed by atoms with E-state index in [0.717, 1.165) is 6.42 Å². The van der Waals surface area contributed by atoms with Crippen molar-refractivity contribution in [1.82, 2.24) is 9.88 Å². The Labute approximate surface area is 124 Å². The molecule has 0 fully saturated rings. The van der Waals surface area contributed by atoms with Gasteiger partial charge >= 0.3 is 5.97 Å². The molecule has 21 heavy (non-hydrogen) atoms. The van der Waals surface area contributed by atoms with Gasteiger partial charge in [-0.2, -0.15) is 0 Å². The number of aliphatic carboxylic acids is 1. The molecule has 0 aliphatic carbocycles. The maximum Gasteiger partial charge on any atom is 0.303 e. The molecular formula is C13H22N2O5S. The quantitative estimate of drug-likeness (QED) is 0.719. The van der Waals surface area contributed by atoms with Crippen LogP contribution in [0.25, 0.3) is 0 Å². The summed E-state index contributed by atoms with van der Waals surface area (Å²) in [6.45, 7) is 5.36. The molecule has 1 aromatic rings. The number of carboxylic acid groups (broad SMARTS) is 1. The van der Waals surface area contributed by atoms with Crippen molar-refractivity contribution in [3.63, 3.8) is 0 Å². The van der Waals surface area contributed by atoms with E-state index < -0.39 is 16.0 Å². The predicted molar refractivity (Wildman–Crippen MR) is 76.4 cm³/mol. The summed E-state index contributed by atoms with van der Waals surface area (Å²) in [6, 6.07) is 0. The minimum absolute atomic E-state index is 0.0843. The second-order valence-corrected chi connectivity index (χ2v) is 6.75. The molecule has 1 heterocycles. The summed E-state index contributed by atoms with van der Waals surface area (Å²) in [5, 5.41) is 12.3. The van der Waals surface area contributed by atoms with Gasteiger partial charge in [0.1, 0.15) is 10.6 Å². The van der Waals surface area contributed by atoms with Crippen molar-refractivity contribution in [1.29, 1.82) is 0 Å². The largest absolute Gasteiger partial charge is 0.481 e. The van der Waals surface area contributed by atoms with Crippen LogP contribution in [0.5, 0.6) is 0 Å². The summed E-state index contributed by atoms with van der Waals surface area (Å²) in [5.74, 6) is -0.379. The molecule has 0 saturated heterocycles. The number of carbonyl (C=O) groups is 1. The summed E-state index contributed by atoms with van der Waals surface area (Å²) in [6.07, 6.45) is 2.08. The van der Waals surface area contributed by atoms with Gasteiger partial charge in [-0.15, -0.1) is 0 Å². The third kappa shape index (κ3) is 5.13. The van der Waals surface area contributed by atoms with Crippen LogP contribution in [0.15, 0.2) is 9.42 Å². The topological polar surface area (TPSA) is 110 Å². The van der Waals surface area contributed by atoms with Crippen molar-refractivity contribution in [3.05, 3.63) is 11.5 Å². The second kappa shape index (κ2) is 7.56. The first kappa shape index (κ1) is 17.6. The number of nitrogens with zero attached hydrogens (tertiary/aromatic N) is 1. The summed E-state index contributed by atoms with van der Waals surface area (Å²) in [7, 11) is -3.64. The lowest BCUT2D eigenvalue weighted by Crippen LogP contribution is -2.27. The monoisotopic (exact) mass is 318 g/mol. The molecule has 2 N–H and O–H groups in total. The Hall–Kier alpha value is -1.41. The Morgan fingerprint density at radius 3 is 2.52 bits per heavy atom. The molecule has 1 atom stereocenters. The van der Waals surface area contributed by atoms with Crippen molar-refractivity contribution in [2.45, 2.75) is 51.3 Å². The van der Waals surface area contributed by atoms with Crippen LogP contribution in [0.1, 0.15) is 44.1 Å². The molecule has 120 valence electrons. The first-order valence-corrected chi connectivity index (χ1v) is 8.40. The van der Waals surface area contributed by atoms with Crippen LogP contribution in [-0.4, -0.2) is 31.2 Å². The van der Waals surface area contributed by atoms with Gasteiger partial charge in [-0.3, -0.25) is 4.79 Å². The average Bonchev–Trinajstić information content (AvgIpc) is 2.73. The first-order chi connectivity index (χ1) is 9.77. The number of hydrogen-bond donors (Lipinski definition) is 2. The molecule has 8 heteroatoms. The van der Waals surface area contributed by atoms with E-state index in [9.17, 15) is 13.2 Å². The molecule has 7 nitrogen and oxygen atoms in total. The van der Waals surface area contributed by atoms with Crippen molar-refractivity contribution < 1.29 is 22.8 Å². The van der Waals surface area contributed by atoms with Crippen LogP contribution in [0, 0.1) is 19.8 Å². The molecule has 0 radical (unpaired) electrons. The van der Waals surface area contributed by atoms with Gasteiger partial charge in [-0.25, -0.2) is 13.1 Å². The van der Waals surface area contributed by atoms with E-state index in [1.807, 2.05) is 6.92 Å². The van der Waals surface area contributed by atoms with Crippen LogP contribution in [0.4, 0.5) is 0 Å². The maximum atomic E-state index is 12.2. The van der Waals surface area contributed by atoms with Crippen LogP contribution in [0.2, 0.25) is 0 Å². The van der Waals surface area contributed by atoms with E-state index >= 15 is 0 Å². The highest BCUT2D eigenvalue weighted by atomic mass is 32.2. The number of rotatable bonds is 9. The zero-order chi connectivity index (χ0) is 16.0. The van der Waals surface area contributed by atoms with Crippen LogP contribution < -0.4 is 4.72 Å². The fourth-order valence-electron chi connectivity index (χ4n) is 2.21. The van der Waals surface area contributed by atoms with Crippen molar-refractivity contribution in [2.75, 3.05) is 6.54 Å². The number of nitrogens with one attached hydrogen (secondary N) is 1. The Bertz CT molecular complexity index is 560. The van der Waals surface area contributed by atoms with Gasteiger partial charge in [0.05, 0.1) is 0 Å². The Balaban J connectivity index is 2.56. The first-order valence-electron chi connectivity index (χ1n) is 6.92. The second-order valence-electron chi connectivity index (χ2n) is 5.05. The van der Waals surface area contributed by atoms with Crippen LogP contribution in [0.3, 0.4) is 0 Å². The highest BCUT2D eigenvalue weighted by Crippen LogP contribution is 2.19. The standard InChI is InChI=1S/C13H22N2O5S/c1-4-11(5-6-12(16)17)7-8-14-21(18,19)13-9(2)15-20-10(13)3/h11,14H,4-8H2,1-3H3,(H,16,17). The van der Waals surface area contributed by atoms with Gasteiger partial charge in [0, 0.05) is 13.0 Å². The number of aromatic nitrogens is 1. The zero-order valence-electron chi connectivity index (χ0n) is 12.5. The number of carboxylic acids is 1.